The Balaban J connectivity index is 0.000000433. The highest BCUT2D eigenvalue weighted by Gasteiger charge is 2.36. The van der Waals surface area contributed by atoms with Gasteiger partial charge in [0.25, 0.3) is 16.5 Å². The predicted molar refractivity (Wildman–Crippen MR) is 77.9 cm³/mol. The van der Waals surface area contributed by atoms with Gasteiger partial charge < -0.3 is 4.55 Å². The Bertz CT molecular complexity index is 543. The van der Waals surface area contributed by atoms with Crippen LogP contribution < -0.4 is 4.23 Å². The molecule has 0 atom stereocenters. The van der Waals surface area contributed by atoms with Gasteiger partial charge in [-0.3, -0.25) is 8.47 Å². The first-order chi connectivity index (χ1) is 8.96. The van der Waals surface area contributed by atoms with Crippen LogP contribution >= 0.6 is 0 Å². The van der Waals surface area contributed by atoms with E-state index in [2.05, 4.69) is 66.5 Å². The van der Waals surface area contributed by atoms with Crippen LogP contribution in [0, 0.1) is 0 Å². The molecule has 0 spiro atoms. The zero-order chi connectivity index (χ0) is 17.3. The van der Waals surface area contributed by atoms with Gasteiger partial charge in [0.2, 0.25) is 6.33 Å². The molecule has 1 aromatic heterocycles. The van der Waals surface area contributed by atoms with E-state index in [1.807, 2.05) is 0 Å². The number of halogens is 3. The van der Waals surface area contributed by atoms with E-state index in [1.165, 1.54) is 0 Å². The summed E-state index contributed by atoms with van der Waals surface area (Å²) in [5.41, 5.74) is -5.65. The molecule has 11 heteroatoms. The lowest BCUT2D eigenvalue weighted by atomic mass is 11.0. The van der Waals surface area contributed by atoms with Gasteiger partial charge in [0.05, 0.1) is 0 Å². The van der Waals surface area contributed by atoms with E-state index >= 15 is 0 Å². The van der Waals surface area contributed by atoms with Crippen LogP contribution in [0.25, 0.3) is 0 Å². The largest absolute Gasteiger partial charge is 0.741 e. The summed E-state index contributed by atoms with van der Waals surface area (Å²) in [5.74, 6) is 0. The van der Waals surface area contributed by atoms with Gasteiger partial charge in [-0.1, -0.05) is 0 Å². The van der Waals surface area contributed by atoms with E-state index in [0.29, 0.717) is 0 Å². The average Bonchev–Trinajstić information content (AvgIpc) is 2.60. The maximum absolute atomic E-state index is 10.7. The Labute approximate surface area is 125 Å². The highest BCUT2D eigenvalue weighted by molar-refractivity contribution is 7.86. The summed E-state index contributed by atoms with van der Waals surface area (Å²) < 4.78 is 63.7. The van der Waals surface area contributed by atoms with Crippen LogP contribution in [0.2, 0.25) is 39.3 Å². The minimum absolute atomic E-state index is 1.17. The van der Waals surface area contributed by atoms with Crippen LogP contribution in [-0.2, 0) is 10.1 Å². The standard InChI is InChI=1S/C9H21N2Si2.CHF3O3S/c1-12(2,3)10-7-8-11(9-10)13(4,5)6;2-1(3,4)8(5,6)7/h7-9H,1-6H3;(H,5,6,7)/q+1;/p-1. The van der Waals surface area contributed by atoms with Crippen LogP contribution in [0.15, 0.2) is 18.7 Å². The maximum Gasteiger partial charge on any atom is 0.485 e. The fourth-order valence-corrected chi connectivity index (χ4v) is 3.23. The van der Waals surface area contributed by atoms with Gasteiger partial charge in [-0.2, -0.15) is 13.2 Å². The van der Waals surface area contributed by atoms with Gasteiger partial charge in [0.1, 0.15) is 12.4 Å². The Morgan fingerprint density at radius 1 is 1.10 bits per heavy atom. The highest BCUT2D eigenvalue weighted by Crippen LogP contribution is 2.20. The van der Waals surface area contributed by atoms with Crippen molar-refractivity contribution in [2.24, 2.45) is 0 Å². The summed E-state index contributed by atoms with van der Waals surface area (Å²) in [7, 11) is -8.44. The van der Waals surface area contributed by atoms with Crippen molar-refractivity contribution in [2.75, 3.05) is 0 Å². The average molecular weight is 363 g/mol. The number of hydrogen-bond donors (Lipinski definition) is 0. The van der Waals surface area contributed by atoms with Crippen LogP contribution in [0.3, 0.4) is 0 Å². The molecule has 1 heterocycles. The summed E-state index contributed by atoms with van der Waals surface area (Å²) in [6.07, 6.45) is 6.74. The number of nitrogens with zero attached hydrogens (tertiary/aromatic N) is 2. The van der Waals surface area contributed by atoms with Crippen LogP contribution in [-0.4, -0.2) is 39.2 Å². The molecule has 0 aliphatic carbocycles. The Hall–Kier alpha value is -0.656. The molecule has 0 N–H and O–H groups in total. The molecule has 1 aromatic rings. The molecule has 0 aromatic carbocycles. The molecule has 0 unspecified atom stereocenters. The van der Waals surface area contributed by atoms with Crippen molar-refractivity contribution in [1.29, 1.82) is 0 Å². The van der Waals surface area contributed by atoms with Crippen LogP contribution in [0.4, 0.5) is 13.2 Å². The lowest BCUT2D eigenvalue weighted by Gasteiger charge is -2.13. The molecule has 0 saturated carbocycles. The first-order valence-corrected chi connectivity index (χ1v) is 14.4. The molecule has 0 radical (unpaired) electrons. The molecule has 1 rings (SSSR count). The minimum Gasteiger partial charge on any atom is -0.741 e. The van der Waals surface area contributed by atoms with Gasteiger partial charge in [0, 0.05) is 0 Å². The number of imidazole rings is 1. The topological polar surface area (TPSA) is 66.0 Å². The SMILES string of the molecule is C[Si](C)(C)n1cc[n+]([Si](C)(C)C)c1.O=S(=O)([O-])C(F)(F)F. The van der Waals surface area contributed by atoms with E-state index < -0.39 is 32.1 Å². The zero-order valence-electron chi connectivity index (χ0n) is 12.9. The van der Waals surface area contributed by atoms with Gasteiger partial charge in [-0.15, -0.1) is 0 Å². The van der Waals surface area contributed by atoms with E-state index in [0.717, 1.165) is 0 Å². The van der Waals surface area contributed by atoms with E-state index in [1.54, 1.807) is 0 Å². The lowest BCUT2D eigenvalue weighted by molar-refractivity contribution is -0.544. The molecule has 0 saturated heterocycles. The summed E-state index contributed by atoms with van der Waals surface area (Å²) >= 11 is 0. The van der Waals surface area contributed by atoms with E-state index in [9.17, 15) is 13.2 Å². The Morgan fingerprint density at radius 3 is 1.62 bits per heavy atom. The third kappa shape index (κ3) is 6.76. The molecule has 21 heavy (non-hydrogen) atoms. The molecule has 0 aliphatic rings. The molecular formula is C10H21F3N2O3SSi2. The Kier molecular flexibility index (Phi) is 6.03. The molecular weight excluding hydrogens is 341 g/mol. The second-order valence-electron chi connectivity index (χ2n) is 6.47. The first kappa shape index (κ1) is 20.3. The molecule has 0 fully saturated rings. The second-order valence-corrected chi connectivity index (χ2v) is 17.6. The normalized spacial score (nSPS) is 13.6. The van der Waals surface area contributed by atoms with Crippen molar-refractivity contribution in [1.82, 2.24) is 4.23 Å². The second kappa shape index (κ2) is 6.22. The zero-order valence-corrected chi connectivity index (χ0v) is 15.7. The molecule has 0 bridgehead atoms. The quantitative estimate of drug-likeness (QED) is 0.460. The van der Waals surface area contributed by atoms with Crippen LogP contribution in [0.5, 0.6) is 0 Å². The van der Waals surface area contributed by atoms with Crippen molar-refractivity contribution < 1.29 is 30.4 Å². The van der Waals surface area contributed by atoms with Gasteiger partial charge >= 0.3 is 5.51 Å². The molecule has 0 amide bonds. The number of aromatic nitrogens is 2. The summed E-state index contributed by atoms with van der Waals surface area (Å²) in [5, 5.41) is 0. The molecule has 5 nitrogen and oxygen atoms in total. The monoisotopic (exact) mass is 362 g/mol. The maximum atomic E-state index is 10.7. The third-order valence-corrected chi connectivity index (χ3v) is 6.66. The minimum atomic E-state index is -6.09. The van der Waals surface area contributed by atoms with E-state index in [-0.39, 0.29) is 0 Å². The van der Waals surface area contributed by atoms with Gasteiger partial charge in [-0.25, -0.2) is 8.42 Å². The van der Waals surface area contributed by atoms with Crippen molar-refractivity contribution in [3.63, 3.8) is 0 Å². The highest BCUT2D eigenvalue weighted by atomic mass is 32.2. The summed E-state index contributed by atoms with van der Waals surface area (Å²) in [6, 6.07) is 0. The summed E-state index contributed by atoms with van der Waals surface area (Å²) in [4.78, 5) is 0. The fourth-order valence-electron chi connectivity index (χ4n) is 1.15. The predicted octanol–water partition coefficient (Wildman–Crippen LogP) is 2.19. The van der Waals surface area contributed by atoms with Gasteiger partial charge in [-0.05, 0) is 39.3 Å². The molecule has 124 valence electrons. The number of rotatable bonds is 2. The summed E-state index contributed by atoms with van der Waals surface area (Å²) in [6.45, 7) is 14.2. The van der Waals surface area contributed by atoms with Crippen molar-refractivity contribution in [3.8, 4) is 0 Å². The Morgan fingerprint density at radius 2 is 1.48 bits per heavy atom. The number of hydrogen-bond acceptors (Lipinski definition) is 3. The van der Waals surface area contributed by atoms with Crippen molar-refractivity contribution in [2.45, 2.75) is 44.8 Å². The number of alkyl halides is 3. The smallest absolute Gasteiger partial charge is 0.485 e. The van der Waals surface area contributed by atoms with Crippen molar-refractivity contribution >= 4 is 26.6 Å². The van der Waals surface area contributed by atoms with E-state index in [4.69, 9.17) is 13.0 Å². The fraction of sp³-hybridized carbons (Fsp3) is 0.700. The van der Waals surface area contributed by atoms with Crippen molar-refractivity contribution in [3.05, 3.63) is 18.7 Å². The first-order valence-electron chi connectivity index (χ1n) is 6.08. The lowest BCUT2D eigenvalue weighted by Crippen LogP contribution is -2.57. The van der Waals surface area contributed by atoms with Crippen LogP contribution in [0.1, 0.15) is 0 Å². The third-order valence-electron chi connectivity index (χ3n) is 2.47. The van der Waals surface area contributed by atoms with Gasteiger partial charge in [0.15, 0.2) is 10.1 Å². The molecule has 0 aliphatic heterocycles.